The standard InChI is InChI=1S/C17H18N2O3/c1-12-10-15(13-2-4-14(5-3-13)17(20)21)11-18-16(12)19-6-8-22-9-7-19/h2-5,10-11H,6-9H2,1H3,(H,20,21). The summed E-state index contributed by atoms with van der Waals surface area (Å²) < 4.78 is 5.37. The number of pyridine rings is 1. The maximum Gasteiger partial charge on any atom is 0.335 e. The predicted molar refractivity (Wildman–Crippen MR) is 84.4 cm³/mol. The molecule has 2 aromatic rings. The molecule has 22 heavy (non-hydrogen) atoms. The first-order valence-corrected chi connectivity index (χ1v) is 7.28. The summed E-state index contributed by atoms with van der Waals surface area (Å²) in [5.41, 5.74) is 3.36. The zero-order valence-corrected chi connectivity index (χ0v) is 12.5. The smallest absolute Gasteiger partial charge is 0.335 e. The molecule has 0 saturated carbocycles. The average molecular weight is 298 g/mol. The number of morpholine rings is 1. The Hall–Kier alpha value is -2.40. The minimum atomic E-state index is -0.913. The first-order valence-electron chi connectivity index (χ1n) is 7.28. The van der Waals surface area contributed by atoms with E-state index in [9.17, 15) is 4.79 Å². The molecular formula is C17H18N2O3. The molecule has 3 rings (SSSR count). The number of hydrogen-bond acceptors (Lipinski definition) is 4. The molecule has 2 heterocycles. The van der Waals surface area contributed by atoms with Crippen LogP contribution < -0.4 is 4.90 Å². The van der Waals surface area contributed by atoms with E-state index in [1.807, 2.05) is 25.3 Å². The molecule has 0 radical (unpaired) electrons. The van der Waals surface area contributed by atoms with Crippen LogP contribution in [0, 0.1) is 6.92 Å². The Morgan fingerprint density at radius 1 is 1.18 bits per heavy atom. The van der Waals surface area contributed by atoms with Crippen molar-refractivity contribution in [2.45, 2.75) is 6.92 Å². The summed E-state index contributed by atoms with van der Waals surface area (Å²) in [6, 6.07) is 8.95. The monoisotopic (exact) mass is 298 g/mol. The Bertz CT molecular complexity index is 677. The van der Waals surface area contributed by atoms with Crippen molar-refractivity contribution in [3.8, 4) is 11.1 Å². The predicted octanol–water partition coefficient (Wildman–Crippen LogP) is 2.59. The second-order valence-corrected chi connectivity index (χ2v) is 5.35. The summed E-state index contributed by atoms with van der Waals surface area (Å²) in [4.78, 5) is 17.7. The number of carboxylic acids is 1. The fraction of sp³-hybridized carbons (Fsp3) is 0.294. The van der Waals surface area contributed by atoms with Gasteiger partial charge in [-0.3, -0.25) is 0 Å². The summed E-state index contributed by atoms with van der Waals surface area (Å²) in [6.07, 6.45) is 1.84. The largest absolute Gasteiger partial charge is 0.478 e. The molecule has 1 saturated heterocycles. The number of hydrogen-bond donors (Lipinski definition) is 1. The lowest BCUT2D eigenvalue weighted by Gasteiger charge is -2.29. The Labute approximate surface area is 129 Å². The molecule has 1 fully saturated rings. The van der Waals surface area contributed by atoms with Crippen LogP contribution in [0.5, 0.6) is 0 Å². The van der Waals surface area contributed by atoms with Gasteiger partial charge in [0.15, 0.2) is 0 Å². The van der Waals surface area contributed by atoms with Gasteiger partial charge >= 0.3 is 5.97 Å². The van der Waals surface area contributed by atoms with E-state index in [1.165, 1.54) is 0 Å². The lowest BCUT2D eigenvalue weighted by molar-refractivity contribution is 0.0697. The Morgan fingerprint density at radius 3 is 2.45 bits per heavy atom. The van der Waals surface area contributed by atoms with Gasteiger partial charge in [-0.1, -0.05) is 12.1 Å². The van der Waals surface area contributed by atoms with E-state index in [0.29, 0.717) is 5.56 Å². The number of ether oxygens (including phenoxy) is 1. The van der Waals surface area contributed by atoms with Crippen molar-refractivity contribution in [1.82, 2.24) is 4.98 Å². The van der Waals surface area contributed by atoms with Gasteiger partial charge in [-0.25, -0.2) is 9.78 Å². The third-order valence-corrected chi connectivity index (χ3v) is 3.83. The SMILES string of the molecule is Cc1cc(-c2ccc(C(=O)O)cc2)cnc1N1CCOCC1. The van der Waals surface area contributed by atoms with Gasteiger partial charge in [0.2, 0.25) is 0 Å². The highest BCUT2D eigenvalue weighted by atomic mass is 16.5. The minimum Gasteiger partial charge on any atom is -0.478 e. The van der Waals surface area contributed by atoms with Gasteiger partial charge in [0.05, 0.1) is 18.8 Å². The molecule has 5 nitrogen and oxygen atoms in total. The van der Waals surface area contributed by atoms with E-state index in [-0.39, 0.29) is 0 Å². The first kappa shape index (κ1) is 14.5. The van der Waals surface area contributed by atoms with Gasteiger partial charge in [-0.15, -0.1) is 0 Å². The normalized spacial score (nSPS) is 14.9. The van der Waals surface area contributed by atoms with Crippen LogP contribution in [-0.4, -0.2) is 42.4 Å². The number of aryl methyl sites for hydroxylation is 1. The summed E-state index contributed by atoms with van der Waals surface area (Å²) in [6.45, 7) is 5.24. The fourth-order valence-electron chi connectivity index (χ4n) is 2.64. The molecule has 1 N–H and O–H groups in total. The summed E-state index contributed by atoms with van der Waals surface area (Å²) in [5, 5.41) is 8.94. The van der Waals surface area contributed by atoms with Crippen molar-refractivity contribution >= 4 is 11.8 Å². The van der Waals surface area contributed by atoms with E-state index in [1.54, 1.807) is 12.1 Å². The molecule has 0 unspecified atom stereocenters. The van der Waals surface area contributed by atoms with Crippen LogP contribution in [0.15, 0.2) is 36.5 Å². The average Bonchev–Trinajstić information content (AvgIpc) is 2.55. The van der Waals surface area contributed by atoms with Crippen LogP contribution in [0.3, 0.4) is 0 Å². The molecular weight excluding hydrogens is 280 g/mol. The van der Waals surface area contributed by atoms with E-state index in [4.69, 9.17) is 9.84 Å². The highest BCUT2D eigenvalue weighted by Crippen LogP contribution is 2.25. The first-order chi connectivity index (χ1) is 10.6. The van der Waals surface area contributed by atoms with Crippen LogP contribution in [0.4, 0.5) is 5.82 Å². The molecule has 0 spiro atoms. The topological polar surface area (TPSA) is 62.7 Å². The van der Waals surface area contributed by atoms with Crippen molar-refractivity contribution in [2.75, 3.05) is 31.2 Å². The van der Waals surface area contributed by atoms with Crippen molar-refractivity contribution in [3.05, 3.63) is 47.7 Å². The quantitative estimate of drug-likeness (QED) is 0.943. The van der Waals surface area contributed by atoms with E-state index in [0.717, 1.165) is 48.8 Å². The van der Waals surface area contributed by atoms with Crippen LogP contribution in [-0.2, 0) is 4.74 Å². The zero-order valence-electron chi connectivity index (χ0n) is 12.5. The molecule has 0 amide bonds. The number of aromatic nitrogens is 1. The van der Waals surface area contributed by atoms with Gasteiger partial charge < -0.3 is 14.7 Å². The zero-order chi connectivity index (χ0) is 15.5. The molecule has 114 valence electrons. The third-order valence-electron chi connectivity index (χ3n) is 3.83. The van der Waals surface area contributed by atoms with Gasteiger partial charge in [-0.2, -0.15) is 0 Å². The number of carbonyl (C=O) groups is 1. The number of nitrogens with zero attached hydrogens (tertiary/aromatic N) is 2. The second kappa shape index (κ2) is 6.15. The van der Waals surface area contributed by atoms with E-state index in [2.05, 4.69) is 16.0 Å². The van der Waals surface area contributed by atoms with Crippen LogP contribution >= 0.6 is 0 Å². The molecule has 1 aliphatic heterocycles. The van der Waals surface area contributed by atoms with Crippen LogP contribution in [0.25, 0.3) is 11.1 Å². The van der Waals surface area contributed by atoms with Crippen molar-refractivity contribution in [2.24, 2.45) is 0 Å². The number of benzene rings is 1. The van der Waals surface area contributed by atoms with Crippen molar-refractivity contribution in [3.63, 3.8) is 0 Å². The van der Waals surface area contributed by atoms with Crippen molar-refractivity contribution < 1.29 is 14.6 Å². The van der Waals surface area contributed by atoms with Gasteiger partial charge in [-0.05, 0) is 36.2 Å². The Morgan fingerprint density at radius 2 is 1.86 bits per heavy atom. The molecule has 1 aliphatic rings. The molecule has 5 heteroatoms. The minimum absolute atomic E-state index is 0.290. The van der Waals surface area contributed by atoms with E-state index >= 15 is 0 Å². The van der Waals surface area contributed by atoms with Crippen molar-refractivity contribution in [1.29, 1.82) is 0 Å². The molecule has 1 aromatic carbocycles. The van der Waals surface area contributed by atoms with Crippen LogP contribution in [0.2, 0.25) is 0 Å². The van der Waals surface area contributed by atoms with E-state index < -0.39 is 5.97 Å². The Kier molecular flexibility index (Phi) is 4.06. The van der Waals surface area contributed by atoms with Gasteiger partial charge in [0.1, 0.15) is 5.82 Å². The summed E-state index contributed by atoms with van der Waals surface area (Å²) in [5.74, 6) is 0.0812. The summed E-state index contributed by atoms with van der Waals surface area (Å²) >= 11 is 0. The lowest BCUT2D eigenvalue weighted by atomic mass is 10.0. The van der Waals surface area contributed by atoms with Gasteiger partial charge in [0.25, 0.3) is 0 Å². The molecule has 1 aromatic heterocycles. The fourth-order valence-corrected chi connectivity index (χ4v) is 2.64. The number of rotatable bonds is 3. The lowest BCUT2D eigenvalue weighted by Crippen LogP contribution is -2.37. The van der Waals surface area contributed by atoms with Crippen LogP contribution in [0.1, 0.15) is 15.9 Å². The Balaban J connectivity index is 1.86. The summed E-state index contributed by atoms with van der Waals surface area (Å²) in [7, 11) is 0. The maximum atomic E-state index is 10.9. The highest BCUT2D eigenvalue weighted by Gasteiger charge is 2.15. The second-order valence-electron chi connectivity index (χ2n) is 5.35. The number of aromatic carboxylic acids is 1. The van der Waals surface area contributed by atoms with Gasteiger partial charge in [0, 0.05) is 24.8 Å². The molecule has 0 atom stereocenters. The third kappa shape index (κ3) is 2.94. The molecule has 0 bridgehead atoms. The molecule has 0 aliphatic carbocycles. The maximum absolute atomic E-state index is 10.9. The number of anilines is 1. The highest BCUT2D eigenvalue weighted by molar-refractivity contribution is 5.88. The number of carboxylic acid groups (broad SMARTS) is 1.